The van der Waals surface area contributed by atoms with Crippen molar-refractivity contribution in [2.24, 2.45) is 5.41 Å². The molecule has 1 amide bonds. The van der Waals surface area contributed by atoms with Crippen molar-refractivity contribution in [2.45, 2.75) is 27.2 Å². The van der Waals surface area contributed by atoms with Crippen LogP contribution in [-0.2, 0) is 4.79 Å². The lowest BCUT2D eigenvalue weighted by Gasteiger charge is -2.18. The summed E-state index contributed by atoms with van der Waals surface area (Å²) in [5.41, 5.74) is 0.349. The smallest absolute Gasteiger partial charge is 0.229 e. The highest BCUT2D eigenvalue weighted by Crippen LogP contribution is 2.20. The summed E-state index contributed by atoms with van der Waals surface area (Å²) in [6.07, 6.45) is 0.309. The van der Waals surface area contributed by atoms with E-state index in [1.807, 2.05) is 0 Å². The van der Waals surface area contributed by atoms with Crippen LogP contribution in [0.2, 0.25) is 0 Å². The number of nitrogens with one attached hydrogen (secondary N) is 1. The maximum absolute atomic E-state index is 13.2. The molecular formula is C15H18FNO2. The Morgan fingerprint density at radius 1 is 1.42 bits per heavy atom. The van der Waals surface area contributed by atoms with Gasteiger partial charge in [-0.25, -0.2) is 4.39 Å². The summed E-state index contributed by atoms with van der Waals surface area (Å²) in [4.78, 5) is 11.9. The Labute approximate surface area is 112 Å². The quantitative estimate of drug-likeness (QED) is 0.806. The zero-order valence-electron chi connectivity index (χ0n) is 11.4. The van der Waals surface area contributed by atoms with Crippen LogP contribution in [0.4, 0.5) is 10.1 Å². The Morgan fingerprint density at radius 2 is 2.11 bits per heavy atom. The topological polar surface area (TPSA) is 49.3 Å². The van der Waals surface area contributed by atoms with Gasteiger partial charge < -0.3 is 10.4 Å². The molecule has 4 heteroatoms. The van der Waals surface area contributed by atoms with E-state index < -0.39 is 11.2 Å². The largest absolute Gasteiger partial charge is 0.395 e. The summed E-state index contributed by atoms with van der Waals surface area (Å²) in [5.74, 6) is 4.88. The van der Waals surface area contributed by atoms with Gasteiger partial charge in [-0.15, -0.1) is 0 Å². The summed E-state index contributed by atoms with van der Waals surface area (Å²) >= 11 is 0. The number of aliphatic hydroxyl groups is 1. The number of carbonyl (C=O) groups excluding carboxylic acids is 1. The van der Waals surface area contributed by atoms with Crippen molar-refractivity contribution in [1.82, 2.24) is 0 Å². The van der Waals surface area contributed by atoms with Gasteiger partial charge in [0.05, 0.1) is 17.9 Å². The van der Waals surface area contributed by atoms with Crippen LogP contribution in [0, 0.1) is 23.1 Å². The minimum Gasteiger partial charge on any atom is -0.395 e. The fraction of sp³-hybridized carbons (Fsp3) is 0.400. The van der Waals surface area contributed by atoms with Gasteiger partial charge in [-0.2, -0.15) is 0 Å². The van der Waals surface area contributed by atoms with E-state index >= 15 is 0 Å². The number of amides is 1. The molecule has 0 heterocycles. The van der Waals surface area contributed by atoms with Crippen molar-refractivity contribution in [3.8, 4) is 11.8 Å². The predicted octanol–water partition coefficient (Wildman–Crippen LogP) is 2.54. The van der Waals surface area contributed by atoms with Gasteiger partial charge >= 0.3 is 0 Å². The second-order valence-electron chi connectivity index (χ2n) is 5.17. The van der Waals surface area contributed by atoms with Crippen molar-refractivity contribution < 1.29 is 14.3 Å². The summed E-state index contributed by atoms with van der Waals surface area (Å²) in [5, 5.41) is 11.4. The number of halogens is 1. The van der Waals surface area contributed by atoms with Gasteiger partial charge in [0.25, 0.3) is 0 Å². The molecule has 0 aliphatic heterocycles. The Balaban J connectivity index is 3.01. The van der Waals surface area contributed by atoms with Gasteiger partial charge in [0, 0.05) is 11.8 Å². The Morgan fingerprint density at radius 3 is 2.68 bits per heavy atom. The lowest BCUT2D eigenvalue weighted by molar-refractivity contribution is -0.123. The minimum atomic E-state index is -0.538. The van der Waals surface area contributed by atoms with Crippen molar-refractivity contribution in [3.63, 3.8) is 0 Å². The van der Waals surface area contributed by atoms with Crippen molar-refractivity contribution in [2.75, 3.05) is 11.9 Å². The first kappa shape index (κ1) is 15.2. The molecule has 0 unspecified atom stereocenters. The van der Waals surface area contributed by atoms with E-state index in [4.69, 9.17) is 5.11 Å². The van der Waals surface area contributed by atoms with Gasteiger partial charge in [-0.05, 0) is 18.2 Å². The van der Waals surface area contributed by atoms with Crippen LogP contribution in [-0.4, -0.2) is 17.6 Å². The molecule has 1 aromatic carbocycles. The number of benzene rings is 1. The molecule has 0 saturated carbocycles. The first-order valence-corrected chi connectivity index (χ1v) is 6.05. The van der Waals surface area contributed by atoms with Crippen LogP contribution in [0.3, 0.4) is 0 Å². The molecule has 3 nitrogen and oxygen atoms in total. The fourth-order valence-electron chi connectivity index (χ4n) is 1.25. The summed E-state index contributed by atoms with van der Waals surface area (Å²) in [6, 6.07) is 4.03. The van der Waals surface area contributed by atoms with Gasteiger partial charge in [0.15, 0.2) is 0 Å². The highest BCUT2D eigenvalue weighted by atomic mass is 19.1. The molecule has 0 aliphatic rings. The second kappa shape index (κ2) is 6.35. The second-order valence-corrected chi connectivity index (χ2v) is 5.17. The molecule has 0 aliphatic carbocycles. The van der Waals surface area contributed by atoms with Crippen LogP contribution in [0.15, 0.2) is 18.2 Å². The van der Waals surface area contributed by atoms with Gasteiger partial charge in [0.1, 0.15) is 5.82 Å². The average molecular weight is 263 g/mol. The van der Waals surface area contributed by atoms with Crippen LogP contribution >= 0.6 is 0 Å². The molecule has 0 atom stereocenters. The lowest BCUT2D eigenvalue weighted by atomic mass is 9.95. The predicted molar refractivity (Wildman–Crippen MR) is 73.1 cm³/mol. The summed E-state index contributed by atoms with van der Waals surface area (Å²) in [6.45, 7) is 5.33. The Bertz CT molecular complexity index is 521. The number of aliphatic hydroxyl groups excluding tert-OH is 1. The third kappa shape index (κ3) is 4.72. The minimum absolute atomic E-state index is 0.0496. The molecule has 19 heavy (non-hydrogen) atoms. The maximum atomic E-state index is 13.2. The average Bonchev–Trinajstić information content (AvgIpc) is 2.31. The fourth-order valence-corrected chi connectivity index (χ4v) is 1.25. The van der Waals surface area contributed by atoms with E-state index in [2.05, 4.69) is 17.2 Å². The monoisotopic (exact) mass is 263 g/mol. The van der Waals surface area contributed by atoms with E-state index in [1.54, 1.807) is 20.8 Å². The Hall–Kier alpha value is -1.86. The molecule has 0 bridgehead atoms. The zero-order chi connectivity index (χ0) is 14.5. The molecule has 0 fully saturated rings. The number of rotatable bonds is 2. The van der Waals surface area contributed by atoms with E-state index in [9.17, 15) is 9.18 Å². The lowest BCUT2D eigenvalue weighted by Crippen LogP contribution is -2.27. The SMILES string of the molecule is CC(C)(C)C(=O)Nc1ccc(F)cc1C#CCCO. The van der Waals surface area contributed by atoms with Gasteiger partial charge in [-0.3, -0.25) is 4.79 Å². The summed E-state index contributed by atoms with van der Waals surface area (Å²) < 4.78 is 13.2. The first-order chi connectivity index (χ1) is 8.84. The highest BCUT2D eigenvalue weighted by molar-refractivity contribution is 5.95. The van der Waals surface area contributed by atoms with Crippen LogP contribution in [0.5, 0.6) is 0 Å². The first-order valence-electron chi connectivity index (χ1n) is 6.05. The third-order valence-corrected chi connectivity index (χ3v) is 2.37. The number of anilines is 1. The van der Waals surface area contributed by atoms with Crippen molar-refractivity contribution in [1.29, 1.82) is 0 Å². The van der Waals surface area contributed by atoms with Crippen molar-refractivity contribution in [3.05, 3.63) is 29.6 Å². The molecule has 0 aromatic heterocycles. The van der Waals surface area contributed by atoms with Crippen LogP contribution in [0.25, 0.3) is 0 Å². The van der Waals surface area contributed by atoms with Crippen LogP contribution < -0.4 is 5.32 Å². The van der Waals surface area contributed by atoms with E-state index in [-0.39, 0.29) is 12.5 Å². The molecule has 0 saturated heterocycles. The van der Waals surface area contributed by atoms with Gasteiger partial charge in [0.2, 0.25) is 5.91 Å². The molecule has 1 rings (SSSR count). The number of hydrogen-bond acceptors (Lipinski definition) is 2. The normalized spacial score (nSPS) is 10.6. The van der Waals surface area contributed by atoms with E-state index in [1.165, 1.54) is 18.2 Å². The molecular weight excluding hydrogens is 245 g/mol. The standard InChI is InChI=1S/C15H18FNO2/c1-15(2,3)14(19)17-13-8-7-12(16)10-11(13)6-4-5-9-18/h7-8,10,18H,5,9H2,1-3H3,(H,17,19). The molecule has 0 radical (unpaired) electrons. The molecule has 0 spiro atoms. The van der Waals surface area contributed by atoms with Gasteiger partial charge in [-0.1, -0.05) is 32.6 Å². The maximum Gasteiger partial charge on any atom is 0.229 e. The molecule has 1 aromatic rings. The van der Waals surface area contributed by atoms with Crippen molar-refractivity contribution >= 4 is 11.6 Å². The zero-order valence-corrected chi connectivity index (χ0v) is 11.4. The van der Waals surface area contributed by atoms with Crippen LogP contribution in [0.1, 0.15) is 32.8 Å². The summed E-state index contributed by atoms with van der Waals surface area (Å²) in [7, 11) is 0. The molecule has 2 N–H and O–H groups in total. The third-order valence-electron chi connectivity index (χ3n) is 2.37. The number of hydrogen-bond donors (Lipinski definition) is 2. The molecule has 102 valence electrons. The highest BCUT2D eigenvalue weighted by Gasteiger charge is 2.21. The van der Waals surface area contributed by atoms with E-state index in [0.29, 0.717) is 17.7 Å². The van der Waals surface area contributed by atoms with E-state index in [0.717, 1.165) is 0 Å². The Kier molecular flexibility index (Phi) is 5.08. The number of carbonyl (C=O) groups is 1.